The zero-order valence-corrected chi connectivity index (χ0v) is 12.5. The minimum Gasteiger partial charge on any atom is -0.316 e. The summed E-state index contributed by atoms with van der Waals surface area (Å²) in [7, 11) is 2.23. The Hall–Kier alpha value is -0.570. The Morgan fingerprint density at radius 3 is 2.50 bits per heavy atom. The first kappa shape index (κ1) is 15.5. The highest BCUT2D eigenvalue weighted by Crippen LogP contribution is 2.25. The van der Waals surface area contributed by atoms with Crippen LogP contribution in [0.15, 0.2) is 24.3 Å². The largest absolute Gasteiger partial charge is 0.316 e. The highest BCUT2D eigenvalue weighted by Gasteiger charge is 2.29. The molecule has 1 aromatic carbocycles. The number of benzene rings is 1. The van der Waals surface area contributed by atoms with Gasteiger partial charge in [-0.05, 0) is 37.9 Å². The summed E-state index contributed by atoms with van der Waals surface area (Å²) in [5, 5.41) is 3.46. The maximum Gasteiger partial charge on any atom is 0.0230 e. The van der Waals surface area contributed by atoms with E-state index in [9.17, 15) is 0 Å². The van der Waals surface area contributed by atoms with Gasteiger partial charge in [-0.3, -0.25) is 0 Å². The van der Waals surface area contributed by atoms with Crippen molar-refractivity contribution in [3.8, 4) is 0 Å². The van der Waals surface area contributed by atoms with E-state index in [1.807, 2.05) is 0 Å². The molecule has 2 rings (SSSR count). The maximum atomic E-state index is 3.46. The highest BCUT2D eigenvalue weighted by molar-refractivity contribution is 5.85. The Balaban J connectivity index is 0.00000162. The number of halogens is 1. The van der Waals surface area contributed by atoms with Gasteiger partial charge in [-0.2, -0.15) is 0 Å². The normalized spacial score (nSPS) is 23.1. The second-order valence-electron chi connectivity index (χ2n) is 5.90. The summed E-state index contributed by atoms with van der Waals surface area (Å²) >= 11 is 0. The molecule has 0 bridgehead atoms. The maximum absolute atomic E-state index is 3.46. The molecule has 1 N–H and O–H groups in total. The number of hydrogen-bond acceptors (Lipinski definition) is 2. The van der Waals surface area contributed by atoms with Gasteiger partial charge >= 0.3 is 0 Å². The van der Waals surface area contributed by atoms with E-state index in [1.54, 1.807) is 0 Å². The predicted octanol–water partition coefficient (Wildman–Crippen LogP) is 2.85. The molecule has 0 radical (unpaired) electrons. The molecule has 1 heterocycles. The molecule has 3 heteroatoms. The Kier molecular flexibility index (Phi) is 5.64. The fraction of sp³-hybridized carbons (Fsp3) is 0.600. The van der Waals surface area contributed by atoms with E-state index >= 15 is 0 Å². The lowest BCUT2D eigenvalue weighted by Gasteiger charge is -2.29. The summed E-state index contributed by atoms with van der Waals surface area (Å²) in [6, 6.07) is 8.87. The van der Waals surface area contributed by atoms with Crippen LogP contribution in [0.4, 0.5) is 0 Å². The van der Waals surface area contributed by atoms with Crippen LogP contribution in [0.2, 0.25) is 0 Å². The number of aryl methyl sites for hydroxylation is 1. The molecule has 0 aromatic heterocycles. The van der Waals surface area contributed by atoms with Crippen LogP contribution in [0.1, 0.15) is 24.5 Å². The molecular formula is C15H25ClN2. The molecule has 0 amide bonds. The van der Waals surface area contributed by atoms with Gasteiger partial charge in [-0.25, -0.2) is 0 Å². The van der Waals surface area contributed by atoms with E-state index in [-0.39, 0.29) is 12.4 Å². The van der Waals surface area contributed by atoms with Crippen LogP contribution in [0.3, 0.4) is 0 Å². The van der Waals surface area contributed by atoms with Crippen molar-refractivity contribution in [3.63, 3.8) is 0 Å². The third kappa shape index (κ3) is 4.27. The molecule has 1 aliphatic rings. The lowest BCUT2D eigenvalue weighted by atomic mass is 9.89. The lowest BCUT2D eigenvalue weighted by Crippen LogP contribution is -2.34. The minimum atomic E-state index is 0. The monoisotopic (exact) mass is 268 g/mol. The van der Waals surface area contributed by atoms with Crippen molar-refractivity contribution in [1.82, 2.24) is 10.2 Å². The quantitative estimate of drug-likeness (QED) is 0.903. The van der Waals surface area contributed by atoms with Crippen molar-refractivity contribution in [1.29, 1.82) is 0 Å². The van der Waals surface area contributed by atoms with Crippen molar-refractivity contribution in [2.24, 2.45) is 5.41 Å². The Morgan fingerprint density at radius 2 is 1.94 bits per heavy atom. The Morgan fingerprint density at radius 1 is 1.28 bits per heavy atom. The van der Waals surface area contributed by atoms with Gasteiger partial charge in [0.05, 0.1) is 0 Å². The summed E-state index contributed by atoms with van der Waals surface area (Å²) in [5.74, 6) is 0. The van der Waals surface area contributed by atoms with Gasteiger partial charge in [0.1, 0.15) is 0 Å². The molecule has 1 unspecified atom stereocenters. The second-order valence-corrected chi connectivity index (χ2v) is 5.90. The molecule has 1 fully saturated rings. The zero-order valence-electron chi connectivity index (χ0n) is 11.7. The van der Waals surface area contributed by atoms with Crippen LogP contribution in [-0.4, -0.2) is 31.6 Å². The highest BCUT2D eigenvalue weighted by atomic mass is 35.5. The van der Waals surface area contributed by atoms with E-state index in [2.05, 4.69) is 55.4 Å². The average Bonchev–Trinajstić information content (AvgIpc) is 2.68. The topological polar surface area (TPSA) is 15.3 Å². The van der Waals surface area contributed by atoms with Gasteiger partial charge in [0.2, 0.25) is 0 Å². The summed E-state index contributed by atoms with van der Waals surface area (Å²) in [6.07, 6.45) is 1.30. The smallest absolute Gasteiger partial charge is 0.0230 e. The van der Waals surface area contributed by atoms with E-state index in [0.717, 1.165) is 13.1 Å². The zero-order chi connectivity index (χ0) is 12.3. The number of nitrogens with one attached hydrogen (secondary N) is 1. The predicted molar refractivity (Wildman–Crippen MR) is 80.4 cm³/mol. The molecule has 18 heavy (non-hydrogen) atoms. The van der Waals surface area contributed by atoms with E-state index in [0.29, 0.717) is 5.41 Å². The van der Waals surface area contributed by atoms with Crippen molar-refractivity contribution in [2.75, 3.05) is 26.7 Å². The van der Waals surface area contributed by atoms with Gasteiger partial charge in [0.25, 0.3) is 0 Å². The molecule has 1 aliphatic heterocycles. The fourth-order valence-electron chi connectivity index (χ4n) is 2.72. The molecule has 0 saturated carbocycles. The SMILES string of the molecule is Cc1ccc(CN(C)CC2(C)CCNC2)cc1.Cl. The van der Waals surface area contributed by atoms with Crippen LogP contribution >= 0.6 is 12.4 Å². The number of hydrogen-bond donors (Lipinski definition) is 1. The molecule has 1 aromatic rings. The summed E-state index contributed by atoms with van der Waals surface area (Å²) in [4.78, 5) is 2.44. The first-order valence-electron chi connectivity index (χ1n) is 6.52. The molecule has 0 aliphatic carbocycles. The molecule has 2 nitrogen and oxygen atoms in total. The van der Waals surface area contributed by atoms with E-state index in [4.69, 9.17) is 0 Å². The van der Waals surface area contributed by atoms with Gasteiger partial charge in [0.15, 0.2) is 0 Å². The standard InChI is InChI=1S/C15H24N2.ClH/c1-13-4-6-14(7-5-13)10-17(3)12-15(2)8-9-16-11-15;/h4-7,16H,8-12H2,1-3H3;1H. The van der Waals surface area contributed by atoms with Gasteiger partial charge in [-0.1, -0.05) is 36.8 Å². The first-order valence-corrected chi connectivity index (χ1v) is 6.52. The van der Waals surface area contributed by atoms with Gasteiger partial charge < -0.3 is 10.2 Å². The van der Waals surface area contributed by atoms with Crippen LogP contribution in [0, 0.1) is 12.3 Å². The molecule has 1 atom stereocenters. The number of rotatable bonds is 4. The third-order valence-corrected chi connectivity index (χ3v) is 3.68. The minimum absolute atomic E-state index is 0. The molecule has 102 valence electrons. The van der Waals surface area contributed by atoms with Gasteiger partial charge in [0, 0.05) is 19.6 Å². The lowest BCUT2D eigenvalue weighted by molar-refractivity contribution is 0.203. The van der Waals surface area contributed by atoms with Crippen molar-refractivity contribution in [3.05, 3.63) is 35.4 Å². The first-order chi connectivity index (χ1) is 8.07. The van der Waals surface area contributed by atoms with E-state index in [1.165, 1.54) is 30.6 Å². The van der Waals surface area contributed by atoms with E-state index < -0.39 is 0 Å². The third-order valence-electron chi connectivity index (χ3n) is 3.68. The summed E-state index contributed by atoms with van der Waals surface area (Å²) in [5.41, 5.74) is 3.20. The summed E-state index contributed by atoms with van der Waals surface area (Å²) < 4.78 is 0. The van der Waals surface area contributed by atoms with Crippen molar-refractivity contribution < 1.29 is 0 Å². The van der Waals surface area contributed by atoms with Crippen LogP contribution in [-0.2, 0) is 6.54 Å². The van der Waals surface area contributed by atoms with Crippen molar-refractivity contribution >= 4 is 12.4 Å². The molecular weight excluding hydrogens is 244 g/mol. The Bertz CT molecular complexity index is 355. The molecule has 0 spiro atoms. The van der Waals surface area contributed by atoms with Crippen molar-refractivity contribution in [2.45, 2.75) is 26.8 Å². The average molecular weight is 269 g/mol. The van der Waals surface area contributed by atoms with Crippen LogP contribution in [0.5, 0.6) is 0 Å². The number of nitrogens with zero attached hydrogens (tertiary/aromatic N) is 1. The summed E-state index contributed by atoms with van der Waals surface area (Å²) in [6.45, 7) is 9.08. The molecule has 1 saturated heterocycles. The van der Waals surface area contributed by atoms with Crippen LogP contribution in [0.25, 0.3) is 0 Å². The Labute approximate surface area is 117 Å². The van der Waals surface area contributed by atoms with Gasteiger partial charge in [-0.15, -0.1) is 12.4 Å². The fourth-order valence-corrected chi connectivity index (χ4v) is 2.72. The second kappa shape index (κ2) is 6.55. The van der Waals surface area contributed by atoms with Crippen LogP contribution < -0.4 is 5.32 Å².